The molecule has 1 aliphatic heterocycles. The van der Waals surface area contributed by atoms with E-state index >= 15 is 0 Å². The summed E-state index contributed by atoms with van der Waals surface area (Å²) in [6, 6.07) is 5.85. The Morgan fingerprint density at radius 2 is 1.96 bits per heavy atom. The van der Waals surface area contributed by atoms with Crippen LogP contribution in [0.15, 0.2) is 24.4 Å². The molecule has 1 aromatic carbocycles. The minimum atomic E-state index is 0.380. The summed E-state index contributed by atoms with van der Waals surface area (Å²) in [6.45, 7) is 2.99. The van der Waals surface area contributed by atoms with Crippen LogP contribution in [0.5, 0.6) is 5.75 Å². The van der Waals surface area contributed by atoms with Crippen LogP contribution in [-0.2, 0) is 26.6 Å². The van der Waals surface area contributed by atoms with Crippen LogP contribution in [-0.4, -0.2) is 26.3 Å². The summed E-state index contributed by atoms with van der Waals surface area (Å²) in [5.74, 6) is 1.03. The van der Waals surface area contributed by atoms with E-state index in [-0.39, 0.29) is 0 Å². The Bertz CT molecular complexity index is 731. The van der Waals surface area contributed by atoms with Gasteiger partial charge in [-0.1, -0.05) is 25.3 Å². The first kappa shape index (κ1) is 16.6. The lowest BCUT2D eigenvalue weighted by molar-refractivity contribution is 0.259. The van der Waals surface area contributed by atoms with Crippen molar-refractivity contribution in [3.63, 3.8) is 0 Å². The molecular formula is C21H29N3O. The molecule has 2 aliphatic rings. The number of phenols is 1. The summed E-state index contributed by atoms with van der Waals surface area (Å²) in [6.07, 6.45) is 11.2. The zero-order valence-corrected chi connectivity index (χ0v) is 15.2. The molecule has 0 bridgehead atoms. The number of nitrogens with zero attached hydrogens (tertiary/aromatic N) is 3. The third-order valence-electron chi connectivity index (χ3n) is 5.83. The topological polar surface area (TPSA) is 41.3 Å². The van der Waals surface area contributed by atoms with Crippen LogP contribution in [0.1, 0.15) is 66.8 Å². The Labute approximate surface area is 150 Å². The van der Waals surface area contributed by atoms with Gasteiger partial charge in [0.15, 0.2) is 0 Å². The van der Waals surface area contributed by atoms with Crippen LogP contribution in [0.4, 0.5) is 0 Å². The maximum Gasteiger partial charge on any atom is 0.115 e. The summed E-state index contributed by atoms with van der Waals surface area (Å²) < 4.78 is 2.00. The quantitative estimate of drug-likeness (QED) is 0.914. The number of hydrogen-bond acceptors (Lipinski definition) is 3. The lowest BCUT2D eigenvalue weighted by Gasteiger charge is -2.24. The molecule has 0 radical (unpaired) electrons. The Balaban J connectivity index is 1.54. The maximum atomic E-state index is 9.84. The van der Waals surface area contributed by atoms with Crippen LogP contribution in [0, 0.1) is 0 Å². The standard InChI is InChI=1S/C21H29N3O/c1-23-13-19(21(22-23)17-6-3-2-4-7-17)15-24-11-5-8-16-9-10-20(25)12-18(16)14-24/h9-10,12-13,17,25H,2-8,11,14-15H2,1H3. The van der Waals surface area contributed by atoms with Gasteiger partial charge in [0.1, 0.15) is 5.75 Å². The third kappa shape index (κ3) is 3.74. The van der Waals surface area contributed by atoms with Gasteiger partial charge in [0.25, 0.3) is 0 Å². The minimum Gasteiger partial charge on any atom is -0.508 e. The van der Waals surface area contributed by atoms with Crippen molar-refractivity contribution in [1.82, 2.24) is 14.7 Å². The molecule has 0 spiro atoms. The Morgan fingerprint density at radius 1 is 1.12 bits per heavy atom. The smallest absolute Gasteiger partial charge is 0.115 e. The molecule has 1 fully saturated rings. The van der Waals surface area contributed by atoms with E-state index in [9.17, 15) is 5.11 Å². The Morgan fingerprint density at radius 3 is 2.80 bits per heavy atom. The molecule has 0 atom stereocenters. The number of benzene rings is 1. The molecule has 1 aromatic heterocycles. The maximum absolute atomic E-state index is 9.84. The highest BCUT2D eigenvalue weighted by Crippen LogP contribution is 2.34. The van der Waals surface area contributed by atoms with E-state index in [4.69, 9.17) is 5.10 Å². The zero-order valence-electron chi connectivity index (χ0n) is 15.2. The molecule has 1 N–H and O–H groups in total. The number of rotatable bonds is 3. The lowest BCUT2D eigenvalue weighted by Crippen LogP contribution is -2.23. The highest BCUT2D eigenvalue weighted by Gasteiger charge is 2.23. The van der Waals surface area contributed by atoms with Crippen molar-refractivity contribution in [3.05, 3.63) is 46.8 Å². The van der Waals surface area contributed by atoms with Crippen molar-refractivity contribution in [2.24, 2.45) is 7.05 Å². The van der Waals surface area contributed by atoms with Gasteiger partial charge in [0.2, 0.25) is 0 Å². The number of aromatic hydroxyl groups is 1. The van der Waals surface area contributed by atoms with Gasteiger partial charge in [-0.2, -0.15) is 5.10 Å². The second kappa shape index (κ2) is 7.20. The molecule has 1 saturated carbocycles. The van der Waals surface area contributed by atoms with Crippen molar-refractivity contribution < 1.29 is 5.11 Å². The van der Waals surface area contributed by atoms with Crippen LogP contribution in [0.25, 0.3) is 0 Å². The van der Waals surface area contributed by atoms with Gasteiger partial charge in [-0.25, -0.2) is 0 Å². The van der Waals surface area contributed by atoms with Crippen molar-refractivity contribution in [2.75, 3.05) is 6.54 Å². The van der Waals surface area contributed by atoms with Gasteiger partial charge in [0, 0.05) is 37.8 Å². The van der Waals surface area contributed by atoms with Crippen molar-refractivity contribution in [3.8, 4) is 5.75 Å². The lowest BCUT2D eigenvalue weighted by atomic mass is 9.85. The molecule has 2 heterocycles. The average Bonchev–Trinajstić information content (AvgIpc) is 2.85. The Hall–Kier alpha value is -1.81. The van der Waals surface area contributed by atoms with Crippen molar-refractivity contribution >= 4 is 0 Å². The average molecular weight is 339 g/mol. The van der Waals surface area contributed by atoms with Gasteiger partial charge < -0.3 is 5.11 Å². The van der Waals surface area contributed by atoms with E-state index in [1.165, 1.54) is 60.9 Å². The van der Waals surface area contributed by atoms with Crippen LogP contribution >= 0.6 is 0 Å². The predicted octanol–water partition coefficient (Wildman–Crippen LogP) is 4.12. The predicted molar refractivity (Wildman–Crippen MR) is 99.6 cm³/mol. The number of hydrogen-bond donors (Lipinski definition) is 1. The fourth-order valence-electron chi connectivity index (χ4n) is 4.59. The van der Waals surface area contributed by atoms with Gasteiger partial charge in [-0.15, -0.1) is 0 Å². The van der Waals surface area contributed by atoms with Gasteiger partial charge in [-0.05, 0) is 55.5 Å². The van der Waals surface area contributed by atoms with E-state index in [0.717, 1.165) is 26.1 Å². The van der Waals surface area contributed by atoms with E-state index in [2.05, 4.69) is 17.2 Å². The van der Waals surface area contributed by atoms with E-state index in [1.807, 2.05) is 23.9 Å². The molecule has 0 amide bonds. The third-order valence-corrected chi connectivity index (χ3v) is 5.83. The molecule has 2 aromatic rings. The summed E-state index contributed by atoms with van der Waals surface area (Å²) in [5.41, 5.74) is 5.40. The number of fused-ring (bicyclic) bond motifs is 1. The second-order valence-electron chi connectivity index (χ2n) is 7.82. The molecule has 4 nitrogen and oxygen atoms in total. The highest BCUT2D eigenvalue weighted by atomic mass is 16.3. The minimum absolute atomic E-state index is 0.380. The normalized spacial score (nSPS) is 19.6. The molecule has 134 valence electrons. The van der Waals surface area contributed by atoms with Crippen LogP contribution in [0.2, 0.25) is 0 Å². The molecular weight excluding hydrogens is 310 g/mol. The first-order valence-corrected chi connectivity index (χ1v) is 9.74. The zero-order chi connectivity index (χ0) is 17.2. The summed E-state index contributed by atoms with van der Waals surface area (Å²) in [5, 5.41) is 14.7. The summed E-state index contributed by atoms with van der Waals surface area (Å²) in [7, 11) is 2.05. The van der Waals surface area contributed by atoms with Gasteiger partial charge in [0.05, 0.1) is 5.69 Å². The molecule has 4 heteroatoms. The summed E-state index contributed by atoms with van der Waals surface area (Å²) >= 11 is 0. The Kier molecular flexibility index (Phi) is 4.80. The highest BCUT2D eigenvalue weighted by molar-refractivity contribution is 5.35. The second-order valence-corrected chi connectivity index (χ2v) is 7.82. The molecule has 0 saturated heterocycles. The largest absolute Gasteiger partial charge is 0.508 e. The van der Waals surface area contributed by atoms with Crippen LogP contribution in [0.3, 0.4) is 0 Å². The van der Waals surface area contributed by atoms with E-state index in [1.54, 1.807) is 0 Å². The first-order valence-electron chi connectivity index (χ1n) is 9.74. The van der Waals surface area contributed by atoms with E-state index in [0.29, 0.717) is 11.7 Å². The number of aryl methyl sites for hydroxylation is 2. The number of phenolic OH excluding ortho intramolecular Hbond substituents is 1. The van der Waals surface area contributed by atoms with Crippen molar-refractivity contribution in [2.45, 2.75) is 64.0 Å². The van der Waals surface area contributed by atoms with Gasteiger partial charge >= 0.3 is 0 Å². The number of aromatic nitrogens is 2. The molecule has 0 unspecified atom stereocenters. The SMILES string of the molecule is Cn1cc(CN2CCCc3ccc(O)cc3C2)c(C2CCCCC2)n1. The fourth-order valence-corrected chi connectivity index (χ4v) is 4.59. The monoisotopic (exact) mass is 339 g/mol. The molecule has 4 rings (SSSR count). The van der Waals surface area contributed by atoms with Crippen molar-refractivity contribution in [1.29, 1.82) is 0 Å². The summed E-state index contributed by atoms with van der Waals surface area (Å²) in [4.78, 5) is 2.52. The molecule has 25 heavy (non-hydrogen) atoms. The fraction of sp³-hybridized carbons (Fsp3) is 0.571. The van der Waals surface area contributed by atoms with Crippen LogP contribution < -0.4 is 0 Å². The molecule has 1 aliphatic carbocycles. The van der Waals surface area contributed by atoms with E-state index < -0.39 is 0 Å². The first-order chi connectivity index (χ1) is 12.2. The van der Waals surface area contributed by atoms with Gasteiger partial charge in [-0.3, -0.25) is 9.58 Å².